The van der Waals surface area contributed by atoms with E-state index in [9.17, 15) is 4.39 Å². The lowest BCUT2D eigenvalue weighted by Gasteiger charge is -1.81. The van der Waals surface area contributed by atoms with Gasteiger partial charge in [0.15, 0.2) is 0 Å². The normalized spacial score (nSPS) is 15.7. The van der Waals surface area contributed by atoms with Crippen molar-refractivity contribution >= 4 is 0 Å². The van der Waals surface area contributed by atoms with E-state index in [4.69, 9.17) is 5.11 Å². The number of alkyl halides is 1. The molecular formula is C4H7FO. The highest BCUT2D eigenvalue weighted by Crippen LogP contribution is 1.85. The molecule has 0 heterocycles. The molecule has 36 valence electrons. The molecule has 6 heavy (non-hydrogen) atoms. The number of allylic oxidation sites excluding steroid dienone is 1. The van der Waals surface area contributed by atoms with Crippen molar-refractivity contribution in [2.45, 2.75) is 13.1 Å². The van der Waals surface area contributed by atoms with Crippen LogP contribution in [0.5, 0.6) is 0 Å². The first kappa shape index (κ1) is 5.47. The van der Waals surface area contributed by atoms with Crippen LogP contribution in [0.3, 0.4) is 0 Å². The molecule has 1 N–H and O–H groups in total. The van der Waals surface area contributed by atoms with Crippen molar-refractivity contribution in [3.05, 3.63) is 12.3 Å². The molecule has 0 saturated carbocycles. The van der Waals surface area contributed by atoms with Gasteiger partial charge in [-0.2, -0.15) is 0 Å². The second kappa shape index (κ2) is 2.69. The molecule has 0 spiro atoms. The van der Waals surface area contributed by atoms with E-state index in [0.717, 1.165) is 6.08 Å². The average Bonchev–Trinajstić information content (AvgIpc) is 1.35. The summed E-state index contributed by atoms with van der Waals surface area (Å²) in [5.41, 5.74) is 0. The highest BCUT2D eigenvalue weighted by molar-refractivity contribution is 4.77. The highest BCUT2D eigenvalue weighted by atomic mass is 19.1. The average molecular weight is 90.1 g/mol. The Bertz CT molecular complexity index is 49.5. The predicted molar refractivity (Wildman–Crippen MR) is 22.3 cm³/mol. The molecule has 0 aromatic carbocycles. The largest absolute Gasteiger partial charge is 0.516 e. The zero-order chi connectivity index (χ0) is 4.99. The molecule has 0 unspecified atom stereocenters. The summed E-state index contributed by atoms with van der Waals surface area (Å²) in [6.07, 6.45) is 0.722. The number of halogens is 1. The Morgan fingerprint density at radius 2 is 2.33 bits per heavy atom. The molecule has 0 aromatic rings. The van der Waals surface area contributed by atoms with Crippen LogP contribution < -0.4 is 0 Å². The molecular weight excluding hydrogens is 83.0 g/mol. The number of aliphatic hydroxyl groups excluding tert-OH is 1. The van der Waals surface area contributed by atoms with Crippen molar-refractivity contribution in [2.24, 2.45) is 0 Å². The summed E-state index contributed by atoms with van der Waals surface area (Å²) in [5, 5.41) is 7.82. The van der Waals surface area contributed by atoms with Crippen molar-refractivity contribution in [3.63, 3.8) is 0 Å². The van der Waals surface area contributed by atoms with Gasteiger partial charge in [-0.25, -0.2) is 4.39 Å². The van der Waals surface area contributed by atoms with Crippen molar-refractivity contribution in [2.75, 3.05) is 0 Å². The molecule has 0 radical (unpaired) electrons. The molecule has 0 aliphatic heterocycles. The third kappa shape index (κ3) is 3.47. The summed E-state index contributed by atoms with van der Waals surface area (Å²) >= 11 is 0. The van der Waals surface area contributed by atoms with E-state index in [1.54, 1.807) is 0 Å². The monoisotopic (exact) mass is 90.0 g/mol. The summed E-state index contributed by atoms with van der Waals surface area (Å²) in [4.78, 5) is 0. The first-order valence-corrected chi connectivity index (χ1v) is 1.72. The molecule has 0 bridgehead atoms. The summed E-state index contributed by atoms with van der Waals surface area (Å²) in [5.74, 6) is 0. The standard InChI is InChI=1S/C4H7FO/c1-4(5)2-3-6/h2-4,6H,1H3/b3-2-/t4-/m0/s1. The molecule has 0 fully saturated rings. The lowest BCUT2D eigenvalue weighted by Crippen LogP contribution is -1.80. The lowest BCUT2D eigenvalue weighted by molar-refractivity contribution is 0.409. The Kier molecular flexibility index (Phi) is 2.46. The van der Waals surface area contributed by atoms with Crippen LogP contribution in [0.1, 0.15) is 6.92 Å². The van der Waals surface area contributed by atoms with E-state index in [1.165, 1.54) is 6.92 Å². The maximum atomic E-state index is 11.5. The van der Waals surface area contributed by atoms with Crippen LogP contribution in [0.4, 0.5) is 4.39 Å². The van der Waals surface area contributed by atoms with Crippen molar-refractivity contribution in [3.8, 4) is 0 Å². The van der Waals surface area contributed by atoms with Crippen LogP contribution in [-0.4, -0.2) is 11.3 Å². The van der Waals surface area contributed by atoms with E-state index in [2.05, 4.69) is 0 Å². The SMILES string of the molecule is C[C@H](F)/C=C\O. The minimum atomic E-state index is -1.03. The predicted octanol–water partition coefficient (Wildman–Crippen LogP) is 1.42. The van der Waals surface area contributed by atoms with Gasteiger partial charge in [-0.15, -0.1) is 0 Å². The molecule has 1 nitrogen and oxygen atoms in total. The van der Waals surface area contributed by atoms with Gasteiger partial charge in [0.1, 0.15) is 6.17 Å². The molecule has 2 heteroatoms. The van der Waals surface area contributed by atoms with E-state index < -0.39 is 6.17 Å². The molecule has 0 amide bonds. The fourth-order valence-corrected chi connectivity index (χ4v) is 0.119. The van der Waals surface area contributed by atoms with E-state index in [0.29, 0.717) is 6.26 Å². The third-order valence-corrected chi connectivity index (χ3v) is 0.351. The Balaban J connectivity index is 3.03. The highest BCUT2D eigenvalue weighted by Gasteiger charge is 1.83. The van der Waals surface area contributed by atoms with E-state index in [-0.39, 0.29) is 0 Å². The zero-order valence-electron chi connectivity index (χ0n) is 3.56. The minimum Gasteiger partial charge on any atom is -0.516 e. The Hall–Kier alpha value is -0.530. The Labute approximate surface area is 36.1 Å². The van der Waals surface area contributed by atoms with Crippen molar-refractivity contribution in [1.82, 2.24) is 0 Å². The zero-order valence-corrected chi connectivity index (χ0v) is 3.56. The summed E-state index contributed by atoms with van der Waals surface area (Å²) in [7, 11) is 0. The van der Waals surface area contributed by atoms with Crippen molar-refractivity contribution < 1.29 is 9.50 Å². The van der Waals surface area contributed by atoms with E-state index in [1.807, 2.05) is 0 Å². The summed E-state index contributed by atoms with van der Waals surface area (Å²) in [6.45, 7) is 1.34. The van der Waals surface area contributed by atoms with Gasteiger partial charge >= 0.3 is 0 Å². The van der Waals surface area contributed by atoms with Gasteiger partial charge in [-0.1, -0.05) is 0 Å². The first-order valence-electron chi connectivity index (χ1n) is 1.72. The van der Waals surface area contributed by atoms with E-state index >= 15 is 0 Å². The second-order valence-electron chi connectivity index (χ2n) is 1.02. The minimum absolute atomic E-state index is 0.699. The van der Waals surface area contributed by atoms with Crippen LogP contribution >= 0.6 is 0 Å². The van der Waals surface area contributed by atoms with Crippen LogP contribution in [0.25, 0.3) is 0 Å². The number of hydrogen-bond acceptors (Lipinski definition) is 1. The smallest absolute Gasteiger partial charge is 0.119 e. The first-order chi connectivity index (χ1) is 2.77. The summed E-state index contributed by atoms with van der Waals surface area (Å²) < 4.78 is 11.5. The second-order valence-corrected chi connectivity index (χ2v) is 1.02. The van der Waals surface area contributed by atoms with Gasteiger partial charge < -0.3 is 5.11 Å². The molecule has 1 atom stereocenters. The number of hydrogen-bond donors (Lipinski definition) is 1. The van der Waals surface area contributed by atoms with Crippen LogP contribution in [0.15, 0.2) is 12.3 Å². The lowest BCUT2D eigenvalue weighted by atomic mass is 10.4. The fourth-order valence-electron chi connectivity index (χ4n) is 0.119. The fraction of sp³-hybridized carbons (Fsp3) is 0.500. The topological polar surface area (TPSA) is 20.2 Å². The van der Waals surface area contributed by atoms with Crippen LogP contribution in [-0.2, 0) is 0 Å². The number of rotatable bonds is 1. The Morgan fingerprint density at radius 1 is 1.83 bits per heavy atom. The van der Waals surface area contributed by atoms with Crippen LogP contribution in [0.2, 0.25) is 0 Å². The van der Waals surface area contributed by atoms with Gasteiger partial charge in [0.25, 0.3) is 0 Å². The van der Waals surface area contributed by atoms with Gasteiger partial charge in [-0.05, 0) is 13.0 Å². The number of aliphatic hydroxyl groups is 1. The van der Waals surface area contributed by atoms with Crippen molar-refractivity contribution in [1.29, 1.82) is 0 Å². The Morgan fingerprint density at radius 3 is 2.33 bits per heavy atom. The summed E-state index contributed by atoms with van der Waals surface area (Å²) in [6, 6.07) is 0. The molecule has 0 rings (SSSR count). The molecule has 0 aliphatic rings. The molecule has 0 saturated heterocycles. The van der Waals surface area contributed by atoms with Gasteiger partial charge in [0, 0.05) is 0 Å². The van der Waals surface area contributed by atoms with Gasteiger partial charge in [0.2, 0.25) is 0 Å². The van der Waals surface area contributed by atoms with Gasteiger partial charge in [0.05, 0.1) is 6.26 Å². The quantitative estimate of drug-likeness (QED) is 0.483. The third-order valence-electron chi connectivity index (χ3n) is 0.351. The van der Waals surface area contributed by atoms with Crippen LogP contribution in [0, 0.1) is 0 Å². The van der Waals surface area contributed by atoms with Gasteiger partial charge in [-0.3, -0.25) is 0 Å². The maximum absolute atomic E-state index is 11.5. The maximum Gasteiger partial charge on any atom is 0.119 e. The molecule has 0 aliphatic carbocycles. The molecule has 0 aromatic heterocycles.